The fraction of sp³-hybridized carbons (Fsp3) is 0.188. The Morgan fingerprint density at radius 2 is 1.92 bits per heavy atom. The summed E-state index contributed by atoms with van der Waals surface area (Å²) in [5.74, 6) is -1.31. The molecule has 0 bridgehead atoms. The van der Waals surface area contributed by atoms with Crippen LogP contribution in [0.25, 0.3) is 0 Å². The van der Waals surface area contributed by atoms with Gasteiger partial charge in [-0.2, -0.15) is 13.2 Å². The maximum absolute atomic E-state index is 13.3. The number of halogens is 5. The molecule has 0 saturated carbocycles. The first-order valence-electron chi connectivity index (χ1n) is 6.83. The van der Waals surface area contributed by atoms with Crippen molar-refractivity contribution in [3.63, 3.8) is 0 Å². The van der Waals surface area contributed by atoms with Crippen molar-refractivity contribution in [2.45, 2.75) is 13.1 Å². The Kier molecular flexibility index (Phi) is 5.48. The summed E-state index contributed by atoms with van der Waals surface area (Å²) in [5.41, 5.74) is -1.12. The third kappa shape index (κ3) is 4.25. The quantitative estimate of drug-likeness (QED) is 0.704. The fourth-order valence-corrected chi connectivity index (χ4v) is 2.37. The molecule has 0 saturated heterocycles. The molecule has 128 valence electrons. The minimum absolute atomic E-state index is 0.0464. The number of anilines is 1. The molecule has 0 aliphatic heterocycles. The lowest BCUT2D eigenvalue weighted by Crippen LogP contribution is -2.15. The summed E-state index contributed by atoms with van der Waals surface area (Å²) in [6.45, 7) is 1.87. The van der Waals surface area contributed by atoms with Gasteiger partial charge >= 0.3 is 6.18 Å². The van der Waals surface area contributed by atoms with Crippen LogP contribution in [0, 0.1) is 5.82 Å². The standard InChI is InChI=1S/C16H12BrF4NO2/c1-2-24-14-6-3-9(16(19,20)21)7-13(14)22-15(23)11-8-10(18)4-5-12(11)17/h3-8H,2H2,1H3,(H,22,23). The highest BCUT2D eigenvalue weighted by atomic mass is 79.9. The Balaban J connectivity index is 2.39. The first kappa shape index (κ1) is 18.3. The molecule has 0 radical (unpaired) electrons. The van der Waals surface area contributed by atoms with Crippen LogP contribution in [0.3, 0.4) is 0 Å². The third-order valence-corrected chi connectivity index (χ3v) is 3.72. The molecule has 24 heavy (non-hydrogen) atoms. The van der Waals surface area contributed by atoms with Crippen LogP contribution in [0.4, 0.5) is 23.2 Å². The molecule has 0 atom stereocenters. The SMILES string of the molecule is CCOc1ccc(C(F)(F)F)cc1NC(=O)c1cc(F)ccc1Br. The van der Waals surface area contributed by atoms with Gasteiger partial charge in [-0.25, -0.2) is 4.39 Å². The number of carbonyl (C=O) groups is 1. The lowest BCUT2D eigenvalue weighted by atomic mass is 10.1. The zero-order valence-corrected chi connectivity index (χ0v) is 14.0. The average molecular weight is 406 g/mol. The lowest BCUT2D eigenvalue weighted by molar-refractivity contribution is -0.137. The van der Waals surface area contributed by atoms with Crippen molar-refractivity contribution in [2.24, 2.45) is 0 Å². The molecule has 2 rings (SSSR count). The molecule has 3 nitrogen and oxygen atoms in total. The Hall–Kier alpha value is -2.09. The van der Waals surface area contributed by atoms with Gasteiger partial charge in [0.1, 0.15) is 11.6 Å². The number of rotatable bonds is 4. The number of hydrogen-bond acceptors (Lipinski definition) is 2. The molecule has 0 aliphatic rings. The smallest absolute Gasteiger partial charge is 0.416 e. The summed E-state index contributed by atoms with van der Waals surface area (Å²) in [7, 11) is 0. The van der Waals surface area contributed by atoms with Crippen molar-refractivity contribution < 1.29 is 27.1 Å². The summed E-state index contributed by atoms with van der Waals surface area (Å²) in [5, 5.41) is 2.33. The summed E-state index contributed by atoms with van der Waals surface area (Å²) >= 11 is 3.10. The second-order valence-electron chi connectivity index (χ2n) is 4.72. The molecule has 8 heteroatoms. The van der Waals surface area contributed by atoms with Crippen LogP contribution >= 0.6 is 15.9 Å². The summed E-state index contributed by atoms with van der Waals surface area (Å²) in [6, 6.07) is 6.22. The number of amides is 1. The highest BCUT2D eigenvalue weighted by Gasteiger charge is 2.31. The van der Waals surface area contributed by atoms with Gasteiger partial charge in [-0.3, -0.25) is 4.79 Å². The van der Waals surface area contributed by atoms with Crippen LogP contribution in [-0.2, 0) is 6.18 Å². The molecule has 0 aliphatic carbocycles. The van der Waals surface area contributed by atoms with Crippen molar-refractivity contribution >= 4 is 27.5 Å². The second kappa shape index (κ2) is 7.21. The zero-order chi connectivity index (χ0) is 17.9. The average Bonchev–Trinajstić information content (AvgIpc) is 2.50. The van der Waals surface area contributed by atoms with Gasteiger partial charge in [0.25, 0.3) is 5.91 Å². The number of nitrogens with one attached hydrogen (secondary N) is 1. The number of alkyl halides is 3. The molecule has 0 fully saturated rings. The fourth-order valence-electron chi connectivity index (χ4n) is 1.95. The maximum atomic E-state index is 13.3. The van der Waals surface area contributed by atoms with E-state index in [1.165, 1.54) is 6.07 Å². The first-order valence-corrected chi connectivity index (χ1v) is 7.62. The van der Waals surface area contributed by atoms with Crippen molar-refractivity contribution in [3.8, 4) is 5.75 Å². The number of carbonyl (C=O) groups excluding carboxylic acids is 1. The largest absolute Gasteiger partial charge is 0.492 e. The van der Waals surface area contributed by atoms with E-state index in [0.29, 0.717) is 4.47 Å². The number of hydrogen-bond donors (Lipinski definition) is 1. The number of benzene rings is 2. The van der Waals surface area contributed by atoms with E-state index in [4.69, 9.17) is 4.74 Å². The van der Waals surface area contributed by atoms with Gasteiger partial charge in [-0.05, 0) is 59.3 Å². The Bertz CT molecular complexity index is 762. The molecule has 2 aromatic rings. The summed E-state index contributed by atoms with van der Waals surface area (Å²) in [6.07, 6.45) is -4.57. The molecule has 0 unspecified atom stereocenters. The first-order chi connectivity index (χ1) is 11.2. The van der Waals surface area contributed by atoms with E-state index in [-0.39, 0.29) is 23.6 Å². The molecule has 0 aromatic heterocycles. The van der Waals surface area contributed by atoms with E-state index in [9.17, 15) is 22.4 Å². The predicted octanol–water partition coefficient (Wildman–Crippen LogP) is 5.26. The van der Waals surface area contributed by atoms with Crippen molar-refractivity contribution in [2.75, 3.05) is 11.9 Å². The van der Waals surface area contributed by atoms with E-state index < -0.39 is 23.5 Å². The van der Waals surface area contributed by atoms with E-state index in [0.717, 1.165) is 30.3 Å². The van der Waals surface area contributed by atoms with Crippen molar-refractivity contribution in [3.05, 3.63) is 57.8 Å². The van der Waals surface area contributed by atoms with E-state index in [1.54, 1.807) is 6.92 Å². The van der Waals surface area contributed by atoms with Gasteiger partial charge in [-0.15, -0.1) is 0 Å². The summed E-state index contributed by atoms with van der Waals surface area (Å²) in [4.78, 5) is 12.3. The monoisotopic (exact) mass is 405 g/mol. The maximum Gasteiger partial charge on any atom is 0.416 e. The van der Waals surface area contributed by atoms with E-state index >= 15 is 0 Å². The van der Waals surface area contributed by atoms with Gasteiger partial charge in [0, 0.05) is 4.47 Å². The molecular weight excluding hydrogens is 394 g/mol. The van der Waals surface area contributed by atoms with Gasteiger partial charge in [-0.1, -0.05) is 0 Å². The molecule has 2 aromatic carbocycles. The van der Waals surface area contributed by atoms with Crippen LogP contribution in [0.2, 0.25) is 0 Å². The highest BCUT2D eigenvalue weighted by Crippen LogP contribution is 2.35. The Morgan fingerprint density at radius 1 is 1.21 bits per heavy atom. The lowest BCUT2D eigenvalue weighted by Gasteiger charge is -2.15. The summed E-state index contributed by atoms with van der Waals surface area (Å²) < 4.78 is 57.4. The van der Waals surface area contributed by atoms with Crippen molar-refractivity contribution in [1.82, 2.24) is 0 Å². The number of ether oxygens (including phenoxy) is 1. The van der Waals surface area contributed by atoms with Crippen LogP contribution in [-0.4, -0.2) is 12.5 Å². The highest BCUT2D eigenvalue weighted by molar-refractivity contribution is 9.10. The van der Waals surface area contributed by atoms with E-state index in [2.05, 4.69) is 21.2 Å². The topological polar surface area (TPSA) is 38.3 Å². The molecule has 1 amide bonds. The van der Waals surface area contributed by atoms with Gasteiger partial charge in [0.2, 0.25) is 0 Å². The molecule has 1 N–H and O–H groups in total. The second-order valence-corrected chi connectivity index (χ2v) is 5.57. The minimum Gasteiger partial charge on any atom is -0.492 e. The Labute approximate surface area is 143 Å². The van der Waals surface area contributed by atoms with Crippen LogP contribution in [0.15, 0.2) is 40.9 Å². The zero-order valence-electron chi connectivity index (χ0n) is 12.4. The van der Waals surface area contributed by atoms with Gasteiger partial charge < -0.3 is 10.1 Å². The minimum atomic E-state index is -4.57. The van der Waals surface area contributed by atoms with E-state index in [1.807, 2.05) is 0 Å². The molecular formula is C16H12BrF4NO2. The van der Waals surface area contributed by atoms with Gasteiger partial charge in [0.05, 0.1) is 23.4 Å². The van der Waals surface area contributed by atoms with Gasteiger partial charge in [0.15, 0.2) is 0 Å². The van der Waals surface area contributed by atoms with Crippen LogP contribution < -0.4 is 10.1 Å². The van der Waals surface area contributed by atoms with Crippen LogP contribution in [0.1, 0.15) is 22.8 Å². The third-order valence-electron chi connectivity index (χ3n) is 3.03. The van der Waals surface area contributed by atoms with Crippen LogP contribution in [0.5, 0.6) is 5.75 Å². The predicted molar refractivity (Wildman–Crippen MR) is 84.7 cm³/mol. The normalized spacial score (nSPS) is 11.2. The molecule has 0 heterocycles. The Morgan fingerprint density at radius 3 is 2.54 bits per heavy atom. The molecule has 0 spiro atoms. The van der Waals surface area contributed by atoms with Crippen molar-refractivity contribution in [1.29, 1.82) is 0 Å².